The molecule has 0 aliphatic heterocycles. The molecule has 0 bridgehead atoms. The van der Waals surface area contributed by atoms with Crippen molar-refractivity contribution < 1.29 is 9.85 Å². The second kappa shape index (κ2) is 8.96. The van der Waals surface area contributed by atoms with Crippen molar-refractivity contribution >= 4 is 35.7 Å². The van der Waals surface area contributed by atoms with Crippen molar-refractivity contribution in [1.82, 2.24) is 0 Å². The minimum Gasteiger partial charge on any atom is -0.258 e. The molecule has 150 valence electrons. The van der Waals surface area contributed by atoms with Gasteiger partial charge in [0, 0.05) is 0 Å². The lowest BCUT2D eigenvalue weighted by atomic mass is 10.0. The van der Waals surface area contributed by atoms with Crippen LogP contribution in [0.4, 0.5) is 11.4 Å². The van der Waals surface area contributed by atoms with Crippen LogP contribution in [-0.2, 0) is 0 Å². The Kier molecular flexibility index (Phi) is 6.17. The number of nitrogens with zero attached hydrogens (tertiary/aromatic N) is 2. The minimum atomic E-state index is -0.602. The highest BCUT2D eigenvalue weighted by molar-refractivity contribution is 5.81. The lowest BCUT2D eigenvalue weighted by molar-refractivity contribution is -0.394. The van der Waals surface area contributed by atoms with Crippen molar-refractivity contribution in [2.45, 2.75) is 13.8 Å². The van der Waals surface area contributed by atoms with Gasteiger partial charge in [-0.25, -0.2) is 0 Å². The molecule has 6 nitrogen and oxygen atoms in total. The first-order valence-electron chi connectivity index (χ1n) is 9.30. The summed E-state index contributed by atoms with van der Waals surface area (Å²) in [6.45, 7) is 3.95. The second-order valence-electron chi connectivity index (χ2n) is 6.97. The van der Waals surface area contributed by atoms with E-state index in [9.17, 15) is 20.2 Å². The summed E-state index contributed by atoms with van der Waals surface area (Å²) in [6, 6.07) is 17.9. The van der Waals surface area contributed by atoms with E-state index < -0.39 is 9.85 Å². The maximum atomic E-state index is 11.5. The van der Waals surface area contributed by atoms with Crippen molar-refractivity contribution in [3.8, 4) is 0 Å². The molecule has 0 radical (unpaired) electrons. The van der Waals surface area contributed by atoms with Crippen molar-refractivity contribution in [2.75, 3.05) is 0 Å². The average molecular weight is 400 g/mol. The first kappa shape index (κ1) is 20.7. The van der Waals surface area contributed by atoms with E-state index in [0.717, 1.165) is 28.3 Å². The van der Waals surface area contributed by atoms with Gasteiger partial charge < -0.3 is 0 Å². The fraction of sp³-hybridized carbons (Fsp3) is 0.0833. The molecule has 3 rings (SSSR count). The van der Waals surface area contributed by atoms with Gasteiger partial charge in [0.25, 0.3) is 11.4 Å². The fourth-order valence-corrected chi connectivity index (χ4v) is 2.92. The molecular formula is C24H20N2O4. The number of aryl methyl sites for hydroxylation is 2. The lowest BCUT2D eigenvalue weighted by Gasteiger charge is -2.03. The maximum absolute atomic E-state index is 11.5. The molecule has 0 aromatic heterocycles. The number of hydrogen-bond donors (Lipinski definition) is 0. The molecule has 0 spiro atoms. The number of nitro benzene ring substituents is 2. The summed E-state index contributed by atoms with van der Waals surface area (Å²) < 4.78 is 0. The van der Waals surface area contributed by atoms with E-state index in [4.69, 9.17) is 0 Å². The SMILES string of the molecule is Cc1ccc(/C=C\c2cc(/C=C/c3ccc(C)cc3)c([N+](=O)[O-])cc2[N+](=O)[O-])cc1. The highest BCUT2D eigenvalue weighted by Crippen LogP contribution is 2.31. The number of hydrogen-bond acceptors (Lipinski definition) is 4. The Morgan fingerprint density at radius 3 is 1.30 bits per heavy atom. The summed E-state index contributed by atoms with van der Waals surface area (Å²) in [5.41, 5.74) is 3.96. The van der Waals surface area contributed by atoms with E-state index >= 15 is 0 Å². The van der Waals surface area contributed by atoms with Gasteiger partial charge in [-0.2, -0.15) is 0 Å². The van der Waals surface area contributed by atoms with Crippen LogP contribution in [-0.4, -0.2) is 9.85 Å². The van der Waals surface area contributed by atoms with E-state index in [1.807, 2.05) is 62.4 Å². The first-order valence-corrected chi connectivity index (χ1v) is 9.30. The van der Waals surface area contributed by atoms with Crippen LogP contribution in [0.15, 0.2) is 60.7 Å². The van der Waals surface area contributed by atoms with Crippen LogP contribution in [0.1, 0.15) is 33.4 Å². The van der Waals surface area contributed by atoms with E-state index in [2.05, 4.69) is 0 Å². The van der Waals surface area contributed by atoms with Crippen molar-refractivity contribution in [1.29, 1.82) is 0 Å². The monoisotopic (exact) mass is 400 g/mol. The van der Waals surface area contributed by atoms with E-state index in [1.165, 1.54) is 6.07 Å². The Morgan fingerprint density at radius 2 is 0.967 bits per heavy atom. The summed E-state index contributed by atoms with van der Waals surface area (Å²) in [5, 5.41) is 23.0. The molecular weight excluding hydrogens is 380 g/mol. The van der Waals surface area contributed by atoms with Crippen LogP contribution >= 0.6 is 0 Å². The Hall–Kier alpha value is -4.06. The molecule has 0 amide bonds. The zero-order valence-corrected chi connectivity index (χ0v) is 16.6. The van der Waals surface area contributed by atoms with Crippen molar-refractivity contribution in [2.24, 2.45) is 0 Å². The van der Waals surface area contributed by atoms with Gasteiger partial charge in [-0.3, -0.25) is 20.2 Å². The van der Waals surface area contributed by atoms with Crippen LogP contribution in [0.25, 0.3) is 24.3 Å². The lowest BCUT2D eigenvalue weighted by Crippen LogP contribution is -1.98. The standard InChI is InChI=1S/C24H20N2O4/c1-17-3-7-19(8-4-17)11-13-21-15-22(14-12-20-9-5-18(2)6-10-20)24(26(29)30)16-23(21)25(27)28/h3-16H,1-2H3/b13-11-,14-12+. The normalized spacial score (nSPS) is 11.3. The Bertz CT molecular complexity index is 1060. The van der Waals surface area contributed by atoms with Gasteiger partial charge in [-0.05, 0) is 43.2 Å². The highest BCUT2D eigenvalue weighted by atomic mass is 16.6. The summed E-state index contributed by atoms with van der Waals surface area (Å²) in [7, 11) is 0. The summed E-state index contributed by atoms with van der Waals surface area (Å²) in [4.78, 5) is 21.8. The Labute approximate surface area is 174 Å². The van der Waals surface area contributed by atoms with Gasteiger partial charge in [0.05, 0.1) is 27.0 Å². The minimum absolute atomic E-state index is 0.301. The molecule has 3 aromatic rings. The van der Waals surface area contributed by atoms with Gasteiger partial charge >= 0.3 is 0 Å². The number of benzene rings is 3. The van der Waals surface area contributed by atoms with Crippen LogP contribution in [0.3, 0.4) is 0 Å². The fourth-order valence-electron chi connectivity index (χ4n) is 2.92. The Balaban J connectivity index is 2.05. The third kappa shape index (κ3) is 5.05. The second-order valence-corrected chi connectivity index (χ2v) is 6.97. The summed E-state index contributed by atoms with van der Waals surface area (Å²) in [6.07, 6.45) is 6.72. The third-order valence-electron chi connectivity index (χ3n) is 4.63. The van der Waals surface area contributed by atoms with Crippen molar-refractivity contribution in [3.05, 3.63) is 114 Å². The molecule has 0 unspecified atom stereocenters. The molecule has 0 N–H and O–H groups in total. The van der Waals surface area contributed by atoms with E-state index in [1.54, 1.807) is 24.3 Å². The smallest absolute Gasteiger partial charge is 0.258 e. The average Bonchev–Trinajstić information content (AvgIpc) is 2.72. The molecule has 0 aliphatic rings. The predicted octanol–water partition coefficient (Wildman–Crippen LogP) is 6.46. The molecule has 0 saturated carbocycles. The largest absolute Gasteiger partial charge is 0.283 e. The predicted molar refractivity (Wildman–Crippen MR) is 120 cm³/mol. The molecule has 0 heterocycles. The maximum Gasteiger partial charge on any atom is 0.283 e. The molecule has 6 heteroatoms. The number of nitro groups is 2. The van der Waals surface area contributed by atoms with Gasteiger partial charge in [0.2, 0.25) is 0 Å². The van der Waals surface area contributed by atoms with Gasteiger partial charge in [0.1, 0.15) is 0 Å². The first-order chi connectivity index (χ1) is 14.3. The van der Waals surface area contributed by atoms with Gasteiger partial charge in [-0.1, -0.05) is 71.8 Å². The van der Waals surface area contributed by atoms with Crippen LogP contribution in [0, 0.1) is 34.1 Å². The topological polar surface area (TPSA) is 86.3 Å². The highest BCUT2D eigenvalue weighted by Gasteiger charge is 2.22. The quantitative estimate of drug-likeness (QED) is 0.270. The van der Waals surface area contributed by atoms with Gasteiger partial charge in [0.15, 0.2) is 0 Å². The third-order valence-corrected chi connectivity index (χ3v) is 4.63. The molecule has 0 atom stereocenters. The summed E-state index contributed by atoms with van der Waals surface area (Å²) in [5.74, 6) is 0. The van der Waals surface area contributed by atoms with E-state index in [-0.39, 0.29) is 11.4 Å². The summed E-state index contributed by atoms with van der Waals surface area (Å²) >= 11 is 0. The van der Waals surface area contributed by atoms with Crippen LogP contribution < -0.4 is 0 Å². The van der Waals surface area contributed by atoms with Gasteiger partial charge in [-0.15, -0.1) is 0 Å². The molecule has 0 aliphatic carbocycles. The molecule has 30 heavy (non-hydrogen) atoms. The Morgan fingerprint density at radius 1 is 0.600 bits per heavy atom. The van der Waals surface area contributed by atoms with E-state index in [0.29, 0.717) is 11.1 Å². The van der Waals surface area contributed by atoms with Crippen LogP contribution in [0.5, 0.6) is 0 Å². The van der Waals surface area contributed by atoms with Crippen molar-refractivity contribution in [3.63, 3.8) is 0 Å². The zero-order valence-electron chi connectivity index (χ0n) is 16.6. The zero-order chi connectivity index (χ0) is 21.7. The molecule has 0 saturated heterocycles. The van der Waals surface area contributed by atoms with Crippen LogP contribution in [0.2, 0.25) is 0 Å². The molecule has 0 fully saturated rings. The number of rotatable bonds is 6. The molecule has 3 aromatic carbocycles.